The van der Waals surface area contributed by atoms with Crippen molar-refractivity contribution in [2.45, 2.75) is 0 Å². The van der Waals surface area contributed by atoms with Gasteiger partial charge in [-0.2, -0.15) is 0 Å². The second-order valence-corrected chi connectivity index (χ2v) is 0. The standard InChI is InChI=1S/3FH.S/h3*1H;. The maximum atomic E-state index is 0. The lowest BCUT2D eigenvalue weighted by Crippen LogP contribution is 0.419. The zero-order chi connectivity index (χ0) is 0. The first-order valence-corrected chi connectivity index (χ1v) is 0. The highest BCUT2D eigenvalue weighted by Gasteiger charge is 0.0000112. The van der Waals surface area contributed by atoms with Crippen LogP contribution in [0.1, 0.15) is 0 Å². The van der Waals surface area contributed by atoms with Crippen molar-refractivity contribution >= 4 is 13.5 Å². The van der Waals surface area contributed by atoms with Crippen LogP contribution in [0.3, 0.4) is 0 Å². The van der Waals surface area contributed by atoms with Gasteiger partial charge in [-0.3, -0.25) is 14.1 Å². The van der Waals surface area contributed by atoms with Gasteiger partial charge in [-0.25, -0.2) is 0 Å². The molecular formula is H3F3S. The molecule has 0 N–H and O–H groups in total. The minimum absolute atomic E-state index is 0. The van der Waals surface area contributed by atoms with Gasteiger partial charge in [0.05, 0.1) is 0 Å². The molecule has 0 rings (SSSR count). The van der Waals surface area contributed by atoms with E-state index in [9.17, 15) is 0 Å². The maximum Gasteiger partial charge on any atom is 0 e. The molecule has 2 radical (unpaired) electrons. The lowest BCUT2D eigenvalue weighted by molar-refractivity contribution is 1.11. The molecule has 30 valence electrons. The van der Waals surface area contributed by atoms with Crippen LogP contribution in [-0.2, 0) is 0 Å². The SMILES string of the molecule is F.F.F.[S]. The van der Waals surface area contributed by atoms with Crippen LogP contribution in [-0.4, -0.2) is 0 Å². The quantitative estimate of drug-likeness (QED) is 0.420. The van der Waals surface area contributed by atoms with Crippen LogP contribution >= 0.6 is 13.5 Å². The summed E-state index contributed by atoms with van der Waals surface area (Å²) in [6.45, 7) is 0. The van der Waals surface area contributed by atoms with Crippen LogP contribution in [0.5, 0.6) is 0 Å². The summed E-state index contributed by atoms with van der Waals surface area (Å²) in [6.07, 6.45) is 0. The van der Waals surface area contributed by atoms with Gasteiger partial charge in [0.15, 0.2) is 0 Å². The molecule has 0 spiro atoms. The van der Waals surface area contributed by atoms with Crippen molar-refractivity contribution in [2.24, 2.45) is 0 Å². The number of rotatable bonds is 0. The van der Waals surface area contributed by atoms with E-state index in [4.69, 9.17) is 0 Å². The molecule has 0 atom stereocenters. The van der Waals surface area contributed by atoms with E-state index in [1.54, 1.807) is 0 Å². The predicted octanol–water partition coefficient (Wildman–Crippen LogP) is 1.11. The van der Waals surface area contributed by atoms with Gasteiger partial charge in [0.25, 0.3) is 0 Å². The number of halogens is 3. The number of hydrogen-bond donors (Lipinski definition) is 0. The van der Waals surface area contributed by atoms with E-state index >= 15 is 0 Å². The zero-order valence-corrected chi connectivity index (χ0v) is 2.45. The molecule has 0 saturated carbocycles. The van der Waals surface area contributed by atoms with Crippen molar-refractivity contribution < 1.29 is 14.1 Å². The first kappa shape index (κ1) is 2080. The van der Waals surface area contributed by atoms with E-state index in [1.807, 2.05) is 0 Å². The predicted molar refractivity (Wildman–Crippen MR) is 15.1 cm³/mol. The number of hydrogen-bond acceptors (Lipinski definition) is 0. The average Bonchev–Trinajstić information content (AvgIpc) is 0. The fourth-order valence-corrected chi connectivity index (χ4v) is 0. The van der Waals surface area contributed by atoms with E-state index < -0.39 is 0 Å². The fourth-order valence-electron chi connectivity index (χ4n) is 0. The van der Waals surface area contributed by atoms with Crippen LogP contribution in [0.2, 0.25) is 0 Å². The summed E-state index contributed by atoms with van der Waals surface area (Å²) in [7, 11) is 0. The van der Waals surface area contributed by atoms with Crippen molar-refractivity contribution in [1.29, 1.82) is 0 Å². The minimum atomic E-state index is 0. The molecule has 0 aliphatic heterocycles. The monoisotopic (exact) mass is 92.0 g/mol. The molecule has 0 unspecified atom stereocenters. The van der Waals surface area contributed by atoms with Crippen molar-refractivity contribution in [2.75, 3.05) is 0 Å². The molecule has 0 amide bonds. The highest BCUT2D eigenvalue weighted by molar-refractivity contribution is 7.59. The van der Waals surface area contributed by atoms with Crippen molar-refractivity contribution in [3.63, 3.8) is 0 Å². The summed E-state index contributed by atoms with van der Waals surface area (Å²) in [5.74, 6) is 0. The van der Waals surface area contributed by atoms with E-state index in [-0.39, 0.29) is 27.6 Å². The van der Waals surface area contributed by atoms with Gasteiger partial charge < -0.3 is 0 Å². The van der Waals surface area contributed by atoms with Crippen molar-refractivity contribution in [1.82, 2.24) is 0 Å². The molecule has 0 fully saturated rings. The molecule has 0 aliphatic rings. The second-order valence-electron chi connectivity index (χ2n) is 0. The van der Waals surface area contributed by atoms with Crippen LogP contribution in [0.15, 0.2) is 0 Å². The molecular weight excluding hydrogens is 89.1 g/mol. The van der Waals surface area contributed by atoms with E-state index in [0.29, 0.717) is 0 Å². The molecule has 4 heteroatoms. The van der Waals surface area contributed by atoms with Crippen molar-refractivity contribution in [3.05, 3.63) is 0 Å². The Hall–Kier alpha value is 0.140. The van der Waals surface area contributed by atoms with Gasteiger partial charge in [0, 0.05) is 13.5 Å². The largest absolute Gasteiger partial charge is 0.269 e. The Kier molecular flexibility index (Phi) is 382000. The lowest BCUT2D eigenvalue weighted by Gasteiger charge is -0.270. The van der Waals surface area contributed by atoms with Crippen molar-refractivity contribution in [3.8, 4) is 0 Å². The molecule has 0 aromatic carbocycles. The first-order valence-electron chi connectivity index (χ1n) is 0. The summed E-state index contributed by atoms with van der Waals surface area (Å²) < 4.78 is 0. The van der Waals surface area contributed by atoms with E-state index in [2.05, 4.69) is 0 Å². The van der Waals surface area contributed by atoms with E-state index in [0.717, 1.165) is 0 Å². The Morgan fingerprint density at radius 1 is 0.500 bits per heavy atom. The fraction of sp³-hybridized carbons (Fsp3) is 0. The van der Waals surface area contributed by atoms with Crippen LogP contribution < -0.4 is 0 Å². The Morgan fingerprint density at radius 3 is 0.500 bits per heavy atom. The smallest absolute Gasteiger partial charge is 0 e. The molecule has 0 aromatic rings. The first-order chi connectivity index (χ1) is 0. The van der Waals surface area contributed by atoms with E-state index in [1.165, 1.54) is 0 Å². The zero-order valence-electron chi connectivity index (χ0n) is 1.63. The minimum Gasteiger partial charge on any atom is -0.269 e. The normalized spacial score (nSPS) is 0. The molecule has 0 saturated heterocycles. The third kappa shape index (κ3) is 142. The van der Waals surface area contributed by atoms with Gasteiger partial charge >= 0.3 is 0 Å². The Labute approximate surface area is 28.7 Å². The lowest BCUT2D eigenvalue weighted by atomic mass is 19.0. The third-order valence-corrected chi connectivity index (χ3v) is 0. The van der Waals surface area contributed by atoms with Crippen LogP contribution in [0.25, 0.3) is 0 Å². The Morgan fingerprint density at radius 2 is 0.500 bits per heavy atom. The van der Waals surface area contributed by atoms with Gasteiger partial charge in [-0.1, -0.05) is 0 Å². The summed E-state index contributed by atoms with van der Waals surface area (Å²) in [5.41, 5.74) is 0. The molecule has 0 bridgehead atoms. The average molecular weight is 92.1 g/mol. The van der Waals surface area contributed by atoms with Gasteiger partial charge in [0.2, 0.25) is 0 Å². The molecule has 0 nitrogen and oxygen atoms in total. The Bertz CT molecular complexity index is 3.25. The summed E-state index contributed by atoms with van der Waals surface area (Å²) in [4.78, 5) is 0. The van der Waals surface area contributed by atoms with Gasteiger partial charge in [0.1, 0.15) is 0 Å². The summed E-state index contributed by atoms with van der Waals surface area (Å²) >= 11 is 0. The summed E-state index contributed by atoms with van der Waals surface area (Å²) in [5, 5.41) is 0. The summed E-state index contributed by atoms with van der Waals surface area (Å²) in [6, 6.07) is 0. The highest BCUT2D eigenvalue weighted by atomic mass is 32.1. The second kappa shape index (κ2) is 734. The topological polar surface area (TPSA) is 0 Å². The Balaban J connectivity index is 0. The van der Waals surface area contributed by atoms with Gasteiger partial charge in [-0.05, 0) is 0 Å². The van der Waals surface area contributed by atoms with Crippen LogP contribution in [0, 0.1) is 0 Å². The molecule has 0 heterocycles. The van der Waals surface area contributed by atoms with Crippen LogP contribution in [0.4, 0.5) is 14.1 Å². The van der Waals surface area contributed by atoms with Gasteiger partial charge in [-0.15, -0.1) is 0 Å². The third-order valence-electron chi connectivity index (χ3n) is 0. The molecule has 0 aromatic heterocycles. The highest BCUT2D eigenvalue weighted by Crippen LogP contribution is 0.648. The maximum absolute atomic E-state index is 0. The molecule has 4 heavy (non-hydrogen) atoms. The molecule has 0 aliphatic carbocycles.